The van der Waals surface area contributed by atoms with Gasteiger partial charge in [0.2, 0.25) is 11.8 Å². The first kappa shape index (κ1) is 21.1. The van der Waals surface area contributed by atoms with Crippen LogP contribution in [0.5, 0.6) is 0 Å². The number of rotatable bonds is 5. The molecule has 0 bridgehead atoms. The van der Waals surface area contributed by atoms with Gasteiger partial charge >= 0.3 is 0 Å². The molecule has 154 valence electrons. The third kappa shape index (κ3) is 5.45. The highest BCUT2D eigenvalue weighted by atomic mass is 16.5. The molecule has 1 aliphatic heterocycles. The average molecular weight is 395 g/mol. The molecule has 2 aromatic carbocycles. The smallest absolute Gasteiger partial charge is 0.235 e. The van der Waals surface area contributed by atoms with Gasteiger partial charge in [0.25, 0.3) is 0 Å². The van der Waals surface area contributed by atoms with E-state index in [1.54, 1.807) is 0 Å². The molecule has 5 nitrogen and oxygen atoms in total. The molecule has 1 aliphatic rings. The molecule has 0 spiro atoms. The maximum Gasteiger partial charge on any atom is 0.235 e. The predicted octanol–water partition coefficient (Wildman–Crippen LogP) is 3.83. The highest BCUT2D eigenvalue weighted by Crippen LogP contribution is 2.36. The molecule has 1 heterocycles. The topological polar surface area (TPSA) is 67.4 Å². The minimum atomic E-state index is -0.579. The van der Waals surface area contributed by atoms with Gasteiger partial charge < -0.3 is 15.4 Å². The molecule has 0 aliphatic carbocycles. The van der Waals surface area contributed by atoms with Crippen molar-refractivity contribution >= 4 is 17.5 Å². The zero-order valence-corrected chi connectivity index (χ0v) is 17.5. The summed E-state index contributed by atoms with van der Waals surface area (Å²) >= 11 is 0. The molecule has 0 saturated carbocycles. The number of anilines is 1. The van der Waals surface area contributed by atoms with Gasteiger partial charge in [-0.2, -0.15) is 0 Å². The highest BCUT2D eigenvalue weighted by Gasteiger charge is 2.41. The number of benzene rings is 2. The van der Waals surface area contributed by atoms with E-state index in [9.17, 15) is 9.59 Å². The van der Waals surface area contributed by atoms with Crippen molar-refractivity contribution in [1.29, 1.82) is 0 Å². The maximum atomic E-state index is 13.3. The Hall–Kier alpha value is -2.66. The van der Waals surface area contributed by atoms with E-state index in [0.717, 1.165) is 16.8 Å². The van der Waals surface area contributed by atoms with Crippen molar-refractivity contribution in [3.63, 3.8) is 0 Å². The van der Waals surface area contributed by atoms with E-state index < -0.39 is 5.41 Å². The molecule has 5 heteroatoms. The second kappa shape index (κ2) is 8.78. The van der Waals surface area contributed by atoms with Gasteiger partial charge in [0.15, 0.2) is 0 Å². The van der Waals surface area contributed by atoms with Gasteiger partial charge in [-0.15, -0.1) is 0 Å². The molecule has 0 unspecified atom stereocenters. The van der Waals surface area contributed by atoms with E-state index in [1.165, 1.54) is 0 Å². The molecule has 2 N–H and O–H groups in total. The summed E-state index contributed by atoms with van der Waals surface area (Å²) < 4.78 is 5.52. The number of nitrogens with one attached hydrogen (secondary N) is 2. The SMILES string of the molecule is CC(C)(C)NC(=O)Cc1ccc(NC(=O)C2(c3ccccc3)CCOCC2)cc1. The van der Waals surface area contributed by atoms with Gasteiger partial charge in [0.05, 0.1) is 11.8 Å². The van der Waals surface area contributed by atoms with Crippen LogP contribution in [0.3, 0.4) is 0 Å². The Labute approximate surface area is 172 Å². The summed E-state index contributed by atoms with van der Waals surface area (Å²) in [5.74, 6) is -0.0234. The first-order chi connectivity index (χ1) is 13.8. The lowest BCUT2D eigenvalue weighted by molar-refractivity contribution is -0.125. The molecule has 2 amide bonds. The summed E-state index contributed by atoms with van der Waals surface area (Å²) in [6.07, 6.45) is 1.64. The Balaban J connectivity index is 1.70. The number of ether oxygens (including phenoxy) is 1. The first-order valence-electron chi connectivity index (χ1n) is 10.1. The van der Waals surface area contributed by atoms with Crippen molar-refractivity contribution < 1.29 is 14.3 Å². The number of hydrogen-bond donors (Lipinski definition) is 2. The third-order valence-electron chi connectivity index (χ3n) is 5.20. The van der Waals surface area contributed by atoms with E-state index in [1.807, 2.05) is 75.4 Å². The lowest BCUT2D eigenvalue weighted by Crippen LogP contribution is -2.44. The number of carbonyl (C=O) groups is 2. The Kier molecular flexibility index (Phi) is 6.38. The summed E-state index contributed by atoms with van der Waals surface area (Å²) in [4.78, 5) is 25.4. The van der Waals surface area contributed by atoms with Crippen molar-refractivity contribution in [2.24, 2.45) is 0 Å². The van der Waals surface area contributed by atoms with Gasteiger partial charge in [-0.1, -0.05) is 42.5 Å². The minimum Gasteiger partial charge on any atom is -0.381 e. The van der Waals surface area contributed by atoms with E-state index in [2.05, 4.69) is 10.6 Å². The Morgan fingerprint density at radius 3 is 2.17 bits per heavy atom. The number of hydrogen-bond acceptors (Lipinski definition) is 3. The zero-order valence-electron chi connectivity index (χ0n) is 17.5. The van der Waals surface area contributed by atoms with Gasteiger partial charge in [0, 0.05) is 24.4 Å². The highest BCUT2D eigenvalue weighted by molar-refractivity contribution is 5.99. The van der Waals surface area contributed by atoms with Crippen LogP contribution in [0.15, 0.2) is 54.6 Å². The van der Waals surface area contributed by atoms with Crippen LogP contribution in [-0.2, 0) is 26.2 Å². The Morgan fingerprint density at radius 1 is 0.966 bits per heavy atom. The number of amides is 2. The molecular formula is C24H30N2O3. The molecule has 0 aromatic heterocycles. The Morgan fingerprint density at radius 2 is 1.59 bits per heavy atom. The van der Waals surface area contributed by atoms with Crippen LogP contribution in [0, 0.1) is 0 Å². The Bertz CT molecular complexity index is 833. The number of carbonyl (C=O) groups excluding carboxylic acids is 2. The van der Waals surface area contributed by atoms with E-state index in [4.69, 9.17) is 4.74 Å². The second-order valence-electron chi connectivity index (χ2n) is 8.69. The van der Waals surface area contributed by atoms with E-state index >= 15 is 0 Å². The fourth-order valence-corrected chi connectivity index (χ4v) is 3.73. The maximum absolute atomic E-state index is 13.3. The van der Waals surface area contributed by atoms with Crippen LogP contribution < -0.4 is 10.6 Å². The zero-order chi connectivity index (χ0) is 20.9. The lowest BCUT2D eigenvalue weighted by atomic mass is 9.73. The van der Waals surface area contributed by atoms with Crippen LogP contribution in [-0.4, -0.2) is 30.6 Å². The largest absolute Gasteiger partial charge is 0.381 e. The lowest BCUT2D eigenvalue weighted by Gasteiger charge is -2.36. The van der Waals surface area contributed by atoms with Crippen molar-refractivity contribution in [3.05, 3.63) is 65.7 Å². The van der Waals surface area contributed by atoms with Crippen molar-refractivity contribution in [3.8, 4) is 0 Å². The van der Waals surface area contributed by atoms with E-state index in [0.29, 0.717) is 32.5 Å². The summed E-state index contributed by atoms with van der Waals surface area (Å²) in [6, 6.07) is 17.4. The second-order valence-corrected chi connectivity index (χ2v) is 8.69. The predicted molar refractivity (Wildman–Crippen MR) is 115 cm³/mol. The van der Waals surface area contributed by atoms with Gasteiger partial charge in [-0.3, -0.25) is 9.59 Å². The van der Waals surface area contributed by atoms with Crippen molar-refractivity contribution in [2.45, 2.75) is 51.0 Å². The molecule has 0 atom stereocenters. The van der Waals surface area contributed by atoms with Gasteiger partial charge in [-0.25, -0.2) is 0 Å². The standard InChI is InChI=1S/C24H30N2O3/c1-23(2,3)26-21(27)17-18-9-11-20(12-10-18)25-22(28)24(13-15-29-16-14-24)19-7-5-4-6-8-19/h4-12H,13-17H2,1-3H3,(H,25,28)(H,26,27). The van der Waals surface area contributed by atoms with Crippen LogP contribution in [0.2, 0.25) is 0 Å². The monoisotopic (exact) mass is 394 g/mol. The molecule has 29 heavy (non-hydrogen) atoms. The third-order valence-corrected chi connectivity index (χ3v) is 5.20. The molecule has 2 aromatic rings. The first-order valence-corrected chi connectivity index (χ1v) is 10.1. The minimum absolute atomic E-state index is 0.00905. The molecule has 3 rings (SSSR count). The molecule has 0 radical (unpaired) electrons. The fraction of sp³-hybridized carbons (Fsp3) is 0.417. The fourth-order valence-electron chi connectivity index (χ4n) is 3.73. The van der Waals surface area contributed by atoms with Crippen LogP contribution in [0.25, 0.3) is 0 Å². The van der Waals surface area contributed by atoms with Crippen LogP contribution in [0.4, 0.5) is 5.69 Å². The van der Waals surface area contributed by atoms with Crippen LogP contribution in [0.1, 0.15) is 44.7 Å². The molecule has 1 saturated heterocycles. The quantitative estimate of drug-likeness (QED) is 0.810. The summed E-state index contributed by atoms with van der Waals surface area (Å²) in [5.41, 5.74) is 1.84. The normalized spacial score (nSPS) is 16.1. The summed E-state index contributed by atoms with van der Waals surface area (Å²) in [5, 5.41) is 6.03. The van der Waals surface area contributed by atoms with E-state index in [-0.39, 0.29) is 17.4 Å². The average Bonchev–Trinajstić information content (AvgIpc) is 2.69. The molecule has 1 fully saturated rings. The van der Waals surface area contributed by atoms with Crippen LogP contribution >= 0.6 is 0 Å². The van der Waals surface area contributed by atoms with Gasteiger partial charge in [-0.05, 0) is 56.9 Å². The van der Waals surface area contributed by atoms with Crippen molar-refractivity contribution in [2.75, 3.05) is 18.5 Å². The molecular weight excluding hydrogens is 364 g/mol. The summed E-state index contributed by atoms with van der Waals surface area (Å²) in [6.45, 7) is 7.03. The summed E-state index contributed by atoms with van der Waals surface area (Å²) in [7, 11) is 0. The van der Waals surface area contributed by atoms with Crippen molar-refractivity contribution in [1.82, 2.24) is 5.32 Å². The van der Waals surface area contributed by atoms with Gasteiger partial charge in [0.1, 0.15) is 0 Å².